The zero-order valence-electron chi connectivity index (χ0n) is 13.3. The van der Waals surface area contributed by atoms with E-state index in [0.717, 1.165) is 0 Å². The van der Waals surface area contributed by atoms with Gasteiger partial charge in [-0.15, -0.1) is 0 Å². The zero-order valence-corrected chi connectivity index (χ0v) is 13.3. The van der Waals surface area contributed by atoms with Crippen LogP contribution in [0.4, 0.5) is 4.39 Å². The second-order valence-electron chi connectivity index (χ2n) is 5.74. The van der Waals surface area contributed by atoms with E-state index in [0.29, 0.717) is 24.8 Å². The molecule has 22 heavy (non-hydrogen) atoms. The van der Waals surface area contributed by atoms with Gasteiger partial charge in [-0.2, -0.15) is 0 Å². The van der Waals surface area contributed by atoms with Crippen LogP contribution in [-0.4, -0.2) is 23.0 Å². The van der Waals surface area contributed by atoms with E-state index < -0.39 is 12.0 Å². The highest BCUT2D eigenvalue weighted by Gasteiger charge is 2.27. The molecule has 3 atom stereocenters. The molecule has 0 aromatic heterocycles. The molecule has 0 saturated heterocycles. The van der Waals surface area contributed by atoms with Gasteiger partial charge in [0.15, 0.2) is 0 Å². The first-order valence-electron chi connectivity index (χ1n) is 7.63. The lowest BCUT2D eigenvalue weighted by Crippen LogP contribution is -2.46. The van der Waals surface area contributed by atoms with Gasteiger partial charge in [-0.05, 0) is 30.4 Å². The Hall–Kier alpha value is -1.91. The molecular formula is C17H24FNO3. The number of aliphatic carboxylic acids is 1. The SMILES string of the molecule is CCC(C)C(NC(=O)C(C)CCc1ccccc1F)C(=O)O. The minimum atomic E-state index is -1.02. The van der Waals surface area contributed by atoms with Crippen LogP contribution in [0.1, 0.15) is 39.2 Å². The van der Waals surface area contributed by atoms with Crippen molar-refractivity contribution in [3.05, 3.63) is 35.6 Å². The smallest absolute Gasteiger partial charge is 0.326 e. The number of hydrogen-bond donors (Lipinski definition) is 2. The summed E-state index contributed by atoms with van der Waals surface area (Å²) in [7, 11) is 0. The van der Waals surface area contributed by atoms with Crippen molar-refractivity contribution in [1.29, 1.82) is 0 Å². The van der Waals surface area contributed by atoms with Crippen LogP contribution >= 0.6 is 0 Å². The van der Waals surface area contributed by atoms with E-state index in [9.17, 15) is 19.1 Å². The predicted molar refractivity (Wildman–Crippen MR) is 82.9 cm³/mol. The Labute approximate surface area is 130 Å². The van der Waals surface area contributed by atoms with Gasteiger partial charge >= 0.3 is 5.97 Å². The summed E-state index contributed by atoms with van der Waals surface area (Å²) in [6.45, 7) is 5.41. The third-order valence-electron chi connectivity index (χ3n) is 4.03. The van der Waals surface area contributed by atoms with Crippen LogP contribution in [0.5, 0.6) is 0 Å². The summed E-state index contributed by atoms with van der Waals surface area (Å²) >= 11 is 0. The summed E-state index contributed by atoms with van der Waals surface area (Å²) in [6.07, 6.45) is 1.59. The highest BCUT2D eigenvalue weighted by molar-refractivity contribution is 5.84. The summed E-state index contributed by atoms with van der Waals surface area (Å²) in [5.74, 6) is -2.11. The number of halogens is 1. The molecule has 0 spiro atoms. The van der Waals surface area contributed by atoms with Gasteiger partial charge in [0.2, 0.25) is 5.91 Å². The van der Waals surface area contributed by atoms with Gasteiger partial charge in [-0.3, -0.25) is 4.79 Å². The lowest BCUT2D eigenvalue weighted by atomic mass is 9.96. The molecule has 1 aromatic carbocycles. The summed E-state index contributed by atoms with van der Waals surface area (Å²) in [5.41, 5.74) is 0.568. The molecule has 0 fully saturated rings. The predicted octanol–water partition coefficient (Wildman–Crippen LogP) is 3.01. The first kappa shape index (κ1) is 18.1. The Bertz CT molecular complexity index is 518. The largest absolute Gasteiger partial charge is 0.480 e. The van der Waals surface area contributed by atoms with Crippen LogP contribution in [0.2, 0.25) is 0 Å². The standard InChI is InChI=1S/C17H24FNO3/c1-4-11(2)15(17(21)22)19-16(20)12(3)9-10-13-7-5-6-8-14(13)18/h5-8,11-12,15H,4,9-10H2,1-3H3,(H,19,20)(H,21,22). The number of hydrogen-bond acceptors (Lipinski definition) is 2. The summed E-state index contributed by atoms with van der Waals surface area (Å²) in [6, 6.07) is 5.58. The highest BCUT2D eigenvalue weighted by Crippen LogP contribution is 2.14. The molecule has 5 heteroatoms. The van der Waals surface area contributed by atoms with E-state index in [-0.39, 0.29) is 23.6 Å². The quantitative estimate of drug-likeness (QED) is 0.776. The normalized spacial score (nSPS) is 14.9. The van der Waals surface area contributed by atoms with Crippen LogP contribution in [0.3, 0.4) is 0 Å². The fraction of sp³-hybridized carbons (Fsp3) is 0.529. The maximum Gasteiger partial charge on any atom is 0.326 e. The Balaban J connectivity index is 2.57. The maximum atomic E-state index is 13.5. The molecule has 1 rings (SSSR count). The van der Waals surface area contributed by atoms with Gasteiger partial charge in [0.1, 0.15) is 11.9 Å². The fourth-order valence-corrected chi connectivity index (χ4v) is 2.18. The van der Waals surface area contributed by atoms with Crippen molar-refractivity contribution in [2.45, 2.75) is 46.1 Å². The van der Waals surface area contributed by atoms with Crippen molar-refractivity contribution in [3.63, 3.8) is 0 Å². The Morgan fingerprint density at radius 2 is 1.91 bits per heavy atom. The molecule has 2 N–H and O–H groups in total. The average Bonchev–Trinajstić information content (AvgIpc) is 2.50. The summed E-state index contributed by atoms with van der Waals surface area (Å²) in [4.78, 5) is 23.3. The zero-order chi connectivity index (χ0) is 16.7. The molecule has 0 saturated carbocycles. The molecule has 0 aliphatic carbocycles. The van der Waals surface area contributed by atoms with Gasteiger partial charge in [-0.25, -0.2) is 9.18 Å². The van der Waals surface area contributed by atoms with E-state index in [2.05, 4.69) is 5.32 Å². The first-order chi connectivity index (χ1) is 10.4. The first-order valence-corrected chi connectivity index (χ1v) is 7.63. The van der Waals surface area contributed by atoms with Crippen LogP contribution < -0.4 is 5.32 Å². The second kappa shape index (κ2) is 8.51. The number of carbonyl (C=O) groups is 2. The van der Waals surface area contributed by atoms with E-state index in [1.54, 1.807) is 32.0 Å². The molecule has 3 unspecified atom stereocenters. The molecule has 0 aliphatic heterocycles. The minimum absolute atomic E-state index is 0.139. The topological polar surface area (TPSA) is 66.4 Å². The fourth-order valence-electron chi connectivity index (χ4n) is 2.18. The van der Waals surface area contributed by atoms with E-state index in [1.807, 2.05) is 6.92 Å². The van der Waals surface area contributed by atoms with Crippen LogP contribution in [-0.2, 0) is 16.0 Å². The Morgan fingerprint density at radius 1 is 1.27 bits per heavy atom. The Morgan fingerprint density at radius 3 is 2.45 bits per heavy atom. The summed E-state index contributed by atoms with van der Waals surface area (Å²) in [5, 5.41) is 11.8. The number of amides is 1. The lowest BCUT2D eigenvalue weighted by molar-refractivity contribution is -0.144. The van der Waals surface area contributed by atoms with Crippen molar-refractivity contribution in [3.8, 4) is 0 Å². The van der Waals surface area contributed by atoms with E-state index in [4.69, 9.17) is 0 Å². The molecule has 0 heterocycles. The molecule has 0 bridgehead atoms. The highest BCUT2D eigenvalue weighted by atomic mass is 19.1. The molecule has 0 aliphatic rings. The Kier molecular flexibility index (Phi) is 7.02. The van der Waals surface area contributed by atoms with Gasteiger partial charge < -0.3 is 10.4 Å². The molecule has 1 amide bonds. The minimum Gasteiger partial charge on any atom is -0.480 e. The van der Waals surface area contributed by atoms with Gasteiger partial charge in [0.25, 0.3) is 0 Å². The molecule has 0 radical (unpaired) electrons. The third kappa shape index (κ3) is 5.13. The monoisotopic (exact) mass is 309 g/mol. The third-order valence-corrected chi connectivity index (χ3v) is 4.03. The van der Waals surface area contributed by atoms with Crippen molar-refractivity contribution in [2.24, 2.45) is 11.8 Å². The molecule has 122 valence electrons. The number of carboxylic acid groups (broad SMARTS) is 1. The van der Waals surface area contributed by atoms with Crippen molar-refractivity contribution in [2.75, 3.05) is 0 Å². The number of benzene rings is 1. The number of rotatable bonds is 8. The van der Waals surface area contributed by atoms with Crippen LogP contribution in [0.15, 0.2) is 24.3 Å². The van der Waals surface area contributed by atoms with Gasteiger partial charge in [0.05, 0.1) is 0 Å². The summed E-state index contributed by atoms with van der Waals surface area (Å²) < 4.78 is 13.5. The van der Waals surface area contributed by atoms with Gasteiger partial charge in [-0.1, -0.05) is 45.4 Å². The van der Waals surface area contributed by atoms with Crippen molar-refractivity contribution >= 4 is 11.9 Å². The van der Waals surface area contributed by atoms with Crippen LogP contribution in [0.25, 0.3) is 0 Å². The number of carbonyl (C=O) groups excluding carboxylic acids is 1. The maximum absolute atomic E-state index is 13.5. The lowest BCUT2D eigenvalue weighted by Gasteiger charge is -2.22. The van der Waals surface area contributed by atoms with Crippen molar-refractivity contribution in [1.82, 2.24) is 5.32 Å². The number of carboxylic acids is 1. The van der Waals surface area contributed by atoms with Gasteiger partial charge in [0, 0.05) is 5.92 Å². The molecule has 4 nitrogen and oxygen atoms in total. The average molecular weight is 309 g/mol. The van der Waals surface area contributed by atoms with Crippen molar-refractivity contribution < 1.29 is 19.1 Å². The molecular weight excluding hydrogens is 285 g/mol. The van der Waals surface area contributed by atoms with Crippen LogP contribution in [0, 0.1) is 17.7 Å². The second-order valence-corrected chi connectivity index (χ2v) is 5.74. The number of nitrogens with one attached hydrogen (secondary N) is 1. The van der Waals surface area contributed by atoms with E-state index in [1.165, 1.54) is 6.07 Å². The number of aryl methyl sites for hydroxylation is 1. The van der Waals surface area contributed by atoms with E-state index >= 15 is 0 Å². The molecule has 1 aromatic rings.